The maximum absolute atomic E-state index is 11.3. The van der Waals surface area contributed by atoms with Crippen molar-refractivity contribution in [3.63, 3.8) is 0 Å². The van der Waals surface area contributed by atoms with Crippen molar-refractivity contribution < 1.29 is 19.4 Å². The van der Waals surface area contributed by atoms with Gasteiger partial charge >= 0.3 is 5.97 Å². The van der Waals surface area contributed by atoms with E-state index in [0.29, 0.717) is 17.7 Å². The first kappa shape index (κ1) is 14.6. The molecule has 2 rings (SSSR count). The van der Waals surface area contributed by atoms with Crippen LogP contribution in [0.2, 0.25) is 0 Å². The van der Waals surface area contributed by atoms with Gasteiger partial charge in [0.2, 0.25) is 5.76 Å². The van der Waals surface area contributed by atoms with Gasteiger partial charge in [0.25, 0.3) is 0 Å². The van der Waals surface area contributed by atoms with Gasteiger partial charge in [0.1, 0.15) is 5.58 Å². The van der Waals surface area contributed by atoms with E-state index in [4.69, 9.17) is 9.52 Å². The van der Waals surface area contributed by atoms with Crippen molar-refractivity contribution in [3.05, 3.63) is 35.6 Å². The van der Waals surface area contributed by atoms with E-state index in [1.807, 2.05) is 32.0 Å². The van der Waals surface area contributed by atoms with Gasteiger partial charge in [-0.1, -0.05) is 25.1 Å². The summed E-state index contributed by atoms with van der Waals surface area (Å²) in [6.45, 7) is 4.38. The molecule has 0 radical (unpaired) electrons. The van der Waals surface area contributed by atoms with E-state index in [-0.39, 0.29) is 24.3 Å². The molecular formula is C15H19NO4. The largest absolute Gasteiger partial charge is 0.475 e. The molecule has 0 amide bonds. The molecule has 0 saturated heterocycles. The Hall–Kier alpha value is -1.85. The van der Waals surface area contributed by atoms with E-state index in [0.717, 1.165) is 5.39 Å². The molecule has 3 N–H and O–H groups in total. The van der Waals surface area contributed by atoms with Crippen LogP contribution in [0.25, 0.3) is 11.0 Å². The average molecular weight is 277 g/mol. The summed E-state index contributed by atoms with van der Waals surface area (Å²) in [7, 11) is 0. The predicted molar refractivity (Wildman–Crippen MR) is 75.7 cm³/mol. The zero-order valence-corrected chi connectivity index (χ0v) is 11.6. The molecule has 1 aromatic carbocycles. The minimum Gasteiger partial charge on any atom is -0.475 e. The van der Waals surface area contributed by atoms with Crippen molar-refractivity contribution in [1.29, 1.82) is 0 Å². The van der Waals surface area contributed by atoms with Gasteiger partial charge in [0.15, 0.2) is 0 Å². The predicted octanol–water partition coefficient (Wildman–Crippen LogP) is 2.24. The lowest BCUT2D eigenvalue weighted by atomic mass is 10.0. The fraction of sp³-hybridized carbons (Fsp3) is 0.400. The normalized spacial score (nSPS) is 14.3. The van der Waals surface area contributed by atoms with Gasteiger partial charge in [-0.3, -0.25) is 0 Å². The smallest absolute Gasteiger partial charge is 0.372 e. The van der Waals surface area contributed by atoms with E-state index in [9.17, 15) is 9.90 Å². The number of benzene rings is 1. The Morgan fingerprint density at radius 3 is 2.70 bits per heavy atom. The molecule has 2 aromatic rings. The molecule has 2 unspecified atom stereocenters. The molecule has 20 heavy (non-hydrogen) atoms. The Bertz CT molecular complexity index is 605. The van der Waals surface area contributed by atoms with E-state index in [2.05, 4.69) is 5.32 Å². The Morgan fingerprint density at radius 2 is 2.05 bits per heavy atom. The third-order valence-corrected chi connectivity index (χ3v) is 3.63. The van der Waals surface area contributed by atoms with Gasteiger partial charge in [0.05, 0.1) is 0 Å². The van der Waals surface area contributed by atoms with Gasteiger partial charge in [-0.2, -0.15) is 0 Å². The van der Waals surface area contributed by atoms with E-state index >= 15 is 0 Å². The van der Waals surface area contributed by atoms with Gasteiger partial charge < -0.3 is 19.9 Å². The number of carboxylic acids is 1. The monoisotopic (exact) mass is 277 g/mol. The third-order valence-electron chi connectivity index (χ3n) is 3.63. The maximum Gasteiger partial charge on any atom is 0.372 e. The fourth-order valence-electron chi connectivity index (χ4n) is 2.07. The topological polar surface area (TPSA) is 82.7 Å². The number of aromatic carboxylic acids is 1. The number of aliphatic hydroxyl groups excluding tert-OH is 1. The zero-order chi connectivity index (χ0) is 14.7. The summed E-state index contributed by atoms with van der Waals surface area (Å²) >= 11 is 0. The molecule has 1 heterocycles. The van der Waals surface area contributed by atoms with Gasteiger partial charge in [-0.05, 0) is 18.9 Å². The standard InChI is InChI=1S/C15H19NO4/c1-9(8-17)10(2)16-7-12-11-5-3-4-6-13(11)20-14(12)15(18)19/h3-6,9-10,16-17H,7-8H2,1-2H3,(H,18,19). The number of fused-ring (bicyclic) bond motifs is 1. The maximum atomic E-state index is 11.3. The highest BCUT2D eigenvalue weighted by atomic mass is 16.4. The van der Waals surface area contributed by atoms with Gasteiger partial charge in [0, 0.05) is 30.1 Å². The first-order valence-corrected chi connectivity index (χ1v) is 6.62. The van der Waals surface area contributed by atoms with Crippen molar-refractivity contribution in [2.24, 2.45) is 5.92 Å². The molecule has 0 saturated carbocycles. The average Bonchev–Trinajstić information content (AvgIpc) is 2.82. The molecule has 108 valence electrons. The van der Waals surface area contributed by atoms with Crippen molar-refractivity contribution in [1.82, 2.24) is 5.32 Å². The molecule has 1 aromatic heterocycles. The molecule has 0 aliphatic rings. The van der Waals surface area contributed by atoms with Crippen LogP contribution in [0.3, 0.4) is 0 Å². The number of carboxylic acid groups (broad SMARTS) is 1. The van der Waals surface area contributed by atoms with Gasteiger partial charge in [-0.15, -0.1) is 0 Å². The summed E-state index contributed by atoms with van der Waals surface area (Å²) < 4.78 is 5.39. The summed E-state index contributed by atoms with van der Waals surface area (Å²) in [4.78, 5) is 11.3. The van der Waals surface area contributed by atoms with Crippen LogP contribution in [0.1, 0.15) is 30.0 Å². The molecule has 0 bridgehead atoms. The Morgan fingerprint density at radius 1 is 1.35 bits per heavy atom. The second-order valence-electron chi connectivity index (χ2n) is 5.04. The van der Waals surface area contributed by atoms with Crippen LogP contribution in [-0.2, 0) is 6.54 Å². The Labute approximate surface area is 117 Å². The van der Waals surface area contributed by atoms with Crippen molar-refractivity contribution in [2.45, 2.75) is 26.4 Å². The van der Waals surface area contributed by atoms with Crippen LogP contribution < -0.4 is 5.32 Å². The lowest BCUT2D eigenvalue weighted by molar-refractivity contribution is 0.0663. The van der Waals surface area contributed by atoms with Crippen LogP contribution >= 0.6 is 0 Å². The number of rotatable bonds is 6. The molecule has 5 nitrogen and oxygen atoms in total. The number of furan rings is 1. The summed E-state index contributed by atoms with van der Waals surface area (Å²) in [5.41, 5.74) is 1.22. The quantitative estimate of drug-likeness (QED) is 0.754. The summed E-state index contributed by atoms with van der Waals surface area (Å²) in [5, 5.41) is 22.4. The van der Waals surface area contributed by atoms with Crippen LogP contribution in [0, 0.1) is 5.92 Å². The lowest BCUT2D eigenvalue weighted by Gasteiger charge is -2.19. The zero-order valence-electron chi connectivity index (χ0n) is 11.6. The molecule has 5 heteroatoms. The van der Waals surface area contributed by atoms with Crippen molar-refractivity contribution in [2.75, 3.05) is 6.61 Å². The summed E-state index contributed by atoms with van der Waals surface area (Å²) in [6.07, 6.45) is 0. The SMILES string of the molecule is CC(CO)C(C)NCc1c(C(=O)O)oc2ccccc12. The second-order valence-corrected chi connectivity index (χ2v) is 5.04. The van der Waals surface area contributed by atoms with Crippen molar-refractivity contribution in [3.8, 4) is 0 Å². The molecule has 0 aliphatic carbocycles. The fourth-order valence-corrected chi connectivity index (χ4v) is 2.07. The first-order valence-electron chi connectivity index (χ1n) is 6.62. The number of nitrogens with one attached hydrogen (secondary N) is 1. The van der Waals surface area contributed by atoms with Crippen LogP contribution in [-0.4, -0.2) is 28.8 Å². The Kier molecular flexibility index (Phi) is 4.42. The van der Waals surface area contributed by atoms with E-state index in [1.165, 1.54) is 0 Å². The molecule has 0 fully saturated rings. The van der Waals surface area contributed by atoms with Gasteiger partial charge in [-0.25, -0.2) is 4.79 Å². The number of hydrogen-bond donors (Lipinski definition) is 3. The summed E-state index contributed by atoms with van der Waals surface area (Å²) in [6, 6.07) is 7.35. The van der Waals surface area contributed by atoms with Crippen LogP contribution in [0.15, 0.2) is 28.7 Å². The second kappa shape index (κ2) is 6.07. The highest BCUT2D eigenvalue weighted by Gasteiger charge is 2.20. The number of carbonyl (C=O) groups is 1. The first-order chi connectivity index (χ1) is 9.54. The number of para-hydroxylation sites is 1. The minimum absolute atomic E-state index is 0.0254. The number of hydrogen-bond acceptors (Lipinski definition) is 4. The number of aliphatic hydroxyl groups is 1. The van der Waals surface area contributed by atoms with Crippen LogP contribution in [0.4, 0.5) is 0 Å². The van der Waals surface area contributed by atoms with Crippen LogP contribution in [0.5, 0.6) is 0 Å². The summed E-state index contributed by atoms with van der Waals surface area (Å²) in [5.74, 6) is -0.996. The van der Waals surface area contributed by atoms with E-state index in [1.54, 1.807) is 6.07 Å². The third kappa shape index (κ3) is 2.84. The lowest BCUT2D eigenvalue weighted by Crippen LogP contribution is -2.33. The highest BCUT2D eigenvalue weighted by molar-refractivity contribution is 5.95. The Balaban J connectivity index is 2.28. The molecule has 2 atom stereocenters. The van der Waals surface area contributed by atoms with E-state index < -0.39 is 5.97 Å². The molecule has 0 spiro atoms. The van der Waals surface area contributed by atoms with Crippen molar-refractivity contribution >= 4 is 16.9 Å². The highest BCUT2D eigenvalue weighted by Crippen LogP contribution is 2.26. The molecule has 0 aliphatic heterocycles. The minimum atomic E-state index is -1.07. The molecular weight excluding hydrogens is 258 g/mol.